The van der Waals surface area contributed by atoms with Crippen molar-refractivity contribution in [3.63, 3.8) is 0 Å². The van der Waals surface area contributed by atoms with E-state index in [1.807, 2.05) is 0 Å². The molecule has 110 valence electrons. The van der Waals surface area contributed by atoms with Gasteiger partial charge in [0.15, 0.2) is 12.4 Å². The van der Waals surface area contributed by atoms with Gasteiger partial charge >= 0.3 is 0 Å². The van der Waals surface area contributed by atoms with Crippen LogP contribution in [-0.2, 0) is 6.54 Å². The van der Waals surface area contributed by atoms with E-state index < -0.39 is 0 Å². The number of aromatic nitrogens is 1. The molecule has 1 rings (SSSR count). The summed E-state index contributed by atoms with van der Waals surface area (Å²) in [4.78, 5) is 0. The SMILES string of the molecule is CCCCCCCCCCC[n+]1ccc(C)cc1.[F-]. The Morgan fingerprint density at radius 1 is 0.789 bits per heavy atom. The largest absolute Gasteiger partial charge is 1.00 e. The molecule has 0 atom stereocenters. The predicted molar refractivity (Wildman–Crippen MR) is 78.6 cm³/mol. The third kappa shape index (κ3) is 9.63. The summed E-state index contributed by atoms with van der Waals surface area (Å²) in [5.74, 6) is 0. The second-order valence-corrected chi connectivity index (χ2v) is 5.44. The van der Waals surface area contributed by atoms with Crippen LogP contribution in [0.1, 0.15) is 70.3 Å². The molecule has 1 aromatic rings. The van der Waals surface area contributed by atoms with E-state index in [2.05, 4.69) is 42.9 Å². The van der Waals surface area contributed by atoms with Crippen molar-refractivity contribution in [2.75, 3.05) is 0 Å². The molecule has 0 amide bonds. The van der Waals surface area contributed by atoms with Gasteiger partial charge in [0.2, 0.25) is 0 Å². The first-order valence-corrected chi connectivity index (χ1v) is 7.78. The van der Waals surface area contributed by atoms with Gasteiger partial charge in [0.1, 0.15) is 6.54 Å². The molecule has 0 saturated carbocycles. The van der Waals surface area contributed by atoms with Crippen molar-refractivity contribution < 1.29 is 9.27 Å². The van der Waals surface area contributed by atoms with Crippen molar-refractivity contribution in [1.29, 1.82) is 0 Å². The fourth-order valence-electron chi connectivity index (χ4n) is 2.29. The highest BCUT2D eigenvalue weighted by molar-refractivity contribution is 5.03. The normalized spacial score (nSPS) is 10.2. The van der Waals surface area contributed by atoms with Crippen LogP contribution in [0.4, 0.5) is 0 Å². The summed E-state index contributed by atoms with van der Waals surface area (Å²) in [6.45, 7) is 5.60. The molecule has 0 unspecified atom stereocenters. The van der Waals surface area contributed by atoms with Gasteiger partial charge in [0, 0.05) is 18.6 Å². The van der Waals surface area contributed by atoms with E-state index in [0.29, 0.717) is 0 Å². The van der Waals surface area contributed by atoms with Gasteiger partial charge in [-0.3, -0.25) is 0 Å². The van der Waals surface area contributed by atoms with Crippen LogP contribution in [0.25, 0.3) is 0 Å². The minimum atomic E-state index is 0. The lowest BCUT2D eigenvalue weighted by Crippen LogP contribution is -3.00. The van der Waals surface area contributed by atoms with E-state index in [1.54, 1.807) is 0 Å². The maximum absolute atomic E-state index is 2.30. The topological polar surface area (TPSA) is 3.88 Å². The fraction of sp³-hybridized carbons (Fsp3) is 0.706. The monoisotopic (exact) mass is 267 g/mol. The molecule has 0 saturated heterocycles. The van der Waals surface area contributed by atoms with Gasteiger partial charge in [-0.1, -0.05) is 51.9 Å². The van der Waals surface area contributed by atoms with Crippen LogP contribution in [0.3, 0.4) is 0 Å². The molecule has 0 bridgehead atoms. The van der Waals surface area contributed by atoms with Crippen LogP contribution in [0, 0.1) is 6.92 Å². The van der Waals surface area contributed by atoms with Gasteiger partial charge in [-0.05, 0) is 18.9 Å². The first-order chi connectivity index (χ1) is 8.83. The maximum atomic E-state index is 2.30. The summed E-state index contributed by atoms with van der Waals surface area (Å²) < 4.78 is 2.30. The highest BCUT2D eigenvalue weighted by Crippen LogP contribution is 2.09. The molecule has 0 spiro atoms. The molecule has 1 heterocycles. The van der Waals surface area contributed by atoms with E-state index in [0.717, 1.165) is 0 Å². The molecule has 2 heteroatoms. The zero-order valence-corrected chi connectivity index (χ0v) is 12.7. The molecule has 19 heavy (non-hydrogen) atoms. The van der Waals surface area contributed by atoms with Gasteiger partial charge in [-0.15, -0.1) is 0 Å². The van der Waals surface area contributed by atoms with Crippen LogP contribution in [0.15, 0.2) is 24.5 Å². The second-order valence-electron chi connectivity index (χ2n) is 5.44. The maximum Gasteiger partial charge on any atom is 0.169 e. The van der Waals surface area contributed by atoms with Gasteiger partial charge in [0.05, 0.1) is 0 Å². The van der Waals surface area contributed by atoms with E-state index >= 15 is 0 Å². The quantitative estimate of drug-likeness (QED) is 0.450. The first kappa shape index (κ1) is 18.1. The Kier molecular flexibility index (Phi) is 11.5. The summed E-state index contributed by atoms with van der Waals surface area (Å²) >= 11 is 0. The second kappa shape index (κ2) is 12.1. The third-order valence-corrected chi connectivity index (χ3v) is 3.58. The number of hydrogen-bond acceptors (Lipinski definition) is 0. The minimum Gasteiger partial charge on any atom is -1.00 e. The van der Waals surface area contributed by atoms with Crippen LogP contribution in [-0.4, -0.2) is 0 Å². The van der Waals surface area contributed by atoms with Crippen molar-refractivity contribution >= 4 is 0 Å². The molecule has 1 aromatic heterocycles. The summed E-state index contributed by atoms with van der Waals surface area (Å²) in [5, 5.41) is 0. The lowest BCUT2D eigenvalue weighted by molar-refractivity contribution is -0.697. The van der Waals surface area contributed by atoms with E-state index in [-0.39, 0.29) is 4.70 Å². The molecule has 0 aliphatic heterocycles. The number of unbranched alkanes of at least 4 members (excludes halogenated alkanes) is 8. The van der Waals surface area contributed by atoms with Crippen LogP contribution in [0.5, 0.6) is 0 Å². The van der Waals surface area contributed by atoms with Gasteiger partial charge in [-0.2, -0.15) is 0 Å². The standard InChI is InChI=1S/C17H30N.FH/c1-3-4-5-6-7-8-9-10-11-14-18-15-12-17(2)13-16-18;/h12-13,15-16H,3-11,14H2,1-2H3;1H/q+1;/p-1. The van der Waals surface area contributed by atoms with Crippen molar-refractivity contribution in [3.05, 3.63) is 30.1 Å². The Morgan fingerprint density at radius 2 is 1.26 bits per heavy atom. The lowest BCUT2D eigenvalue weighted by Gasteiger charge is -2.01. The molecule has 0 N–H and O–H groups in total. The molecule has 0 aromatic carbocycles. The number of hydrogen-bond donors (Lipinski definition) is 0. The Bertz CT molecular complexity index is 295. The van der Waals surface area contributed by atoms with Gasteiger partial charge < -0.3 is 4.70 Å². The summed E-state index contributed by atoms with van der Waals surface area (Å²) in [6.07, 6.45) is 17.0. The Hall–Kier alpha value is -0.920. The average Bonchev–Trinajstić information content (AvgIpc) is 2.39. The molecular weight excluding hydrogens is 237 g/mol. The predicted octanol–water partition coefficient (Wildman–Crippen LogP) is 1.82. The first-order valence-electron chi connectivity index (χ1n) is 7.78. The Balaban J connectivity index is 0.00000324. The molecule has 0 aliphatic rings. The minimum absolute atomic E-state index is 0. The number of nitrogens with zero attached hydrogens (tertiary/aromatic N) is 1. The molecule has 0 fully saturated rings. The van der Waals surface area contributed by atoms with E-state index in [4.69, 9.17) is 0 Å². The van der Waals surface area contributed by atoms with E-state index in [1.165, 1.54) is 69.9 Å². The third-order valence-electron chi connectivity index (χ3n) is 3.58. The number of aryl methyl sites for hydroxylation is 2. The summed E-state index contributed by atoms with van der Waals surface area (Å²) in [6, 6.07) is 4.38. The summed E-state index contributed by atoms with van der Waals surface area (Å²) in [5.41, 5.74) is 1.35. The Labute approximate surface area is 118 Å². The highest BCUT2D eigenvalue weighted by atomic mass is 19.0. The van der Waals surface area contributed by atoms with Gasteiger partial charge in [0.25, 0.3) is 0 Å². The fourth-order valence-corrected chi connectivity index (χ4v) is 2.29. The van der Waals surface area contributed by atoms with Crippen molar-refractivity contribution in [2.45, 2.75) is 78.2 Å². The molecular formula is C17H30FN. The number of rotatable bonds is 10. The van der Waals surface area contributed by atoms with Gasteiger partial charge in [-0.25, -0.2) is 4.57 Å². The highest BCUT2D eigenvalue weighted by Gasteiger charge is 1.99. The van der Waals surface area contributed by atoms with Crippen molar-refractivity contribution in [3.8, 4) is 0 Å². The van der Waals surface area contributed by atoms with Crippen LogP contribution in [0.2, 0.25) is 0 Å². The van der Waals surface area contributed by atoms with Crippen molar-refractivity contribution in [2.24, 2.45) is 0 Å². The molecule has 0 aliphatic carbocycles. The number of halogens is 1. The van der Waals surface area contributed by atoms with Crippen molar-refractivity contribution in [1.82, 2.24) is 0 Å². The van der Waals surface area contributed by atoms with E-state index in [9.17, 15) is 0 Å². The lowest BCUT2D eigenvalue weighted by atomic mass is 10.1. The number of pyridine rings is 1. The Morgan fingerprint density at radius 3 is 1.79 bits per heavy atom. The van der Waals surface area contributed by atoms with Crippen LogP contribution < -0.4 is 9.27 Å². The molecule has 1 nitrogen and oxygen atoms in total. The average molecular weight is 267 g/mol. The summed E-state index contributed by atoms with van der Waals surface area (Å²) in [7, 11) is 0. The zero-order valence-electron chi connectivity index (χ0n) is 12.7. The van der Waals surface area contributed by atoms with Crippen LogP contribution >= 0.6 is 0 Å². The molecule has 0 radical (unpaired) electrons. The smallest absolute Gasteiger partial charge is 0.169 e. The zero-order chi connectivity index (χ0) is 13.1.